The van der Waals surface area contributed by atoms with Gasteiger partial charge >= 0.3 is 5.97 Å². The molecule has 1 aromatic rings. The maximum absolute atomic E-state index is 12.2. The van der Waals surface area contributed by atoms with Crippen LogP contribution in [0.4, 0.5) is 0 Å². The van der Waals surface area contributed by atoms with Crippen LogP contribution < -0.4 is 0 Å². The Bertz CT molecular complexity index is 463. The lowest BCUT2D eigenvalue weighted by Gasteiger charge is -2.34. The van der Waals surface area contributed by atoms with E-state index in [1.807, 2.05) is 0 Å². The second-order valence-electron chi connectivity index (χ2n) is 4.57. The molecule has 2 N–H and O–H groups in total. The first-order chi connectivity index (χ1) is 9.13. The molecule has 104 valence electrons. The van der Waals surface area contributed by atoms with Gasteiger partial charge in [0.15, 0.2) is 11.4 Å². The molecular formula is C12H18N4O3. The summed E-state index contributed by atoms with van der Waals surface area (Å²) in [6.45, 7) is 6.04. The van der Waals surface area contributed by atoms with Gasteiger partial charge in [-0.15, -0.1) is 0 Å². The van der Waals surface area contributed by atoms with E-state index in [2.05, 4.69) is 21.8 Å². The van der Waals surface area contributed by atoms with Gasteiger partial charge in [0.1, 0.15) is 0 Å². The zero-order chi connectivity index (χ0) is 13.8. The first-order valence-electron chi connectivity index (χ1n) is 6.41. The van der Waals surface area contributed by atoms with Crippen LogP contribution in [0, 0.1) is 0 Å². The number of aromatic carboxylic acids is 1. The molecule has 0 aromatic carbocycles. The first kappa shape index (κ1) is 13.5. The standard InChI is InChI=1S/C12H18N4O3/c1-2-3-15-4-6-16(7-5-15)11(17)9-10(12(18)19)14-8-13-9/h8H,2-7H2,1H3,(H,13,14)(H,18,19). The molecule has 1 aliphatic heterocycles. The number of carboxylic acid groups (broad SMARTS) is 1. The number of hydrogen-bond donors (Lipinski definition) is 2. The van der Waals surface area contributed by atoms with Crippen LogP contribution in [0.15, 0.2) is 6.33 Å². The van der Waals surface area contributed by atoms with Crippen molar-refractivity contribution in [3.8, 4) is 0 Å². The predicted molar refractivity (Wildman–Crippen MR) is 68.2 cm³/mol. The molecule has 0 bridgehead atoms. The molecule has 1 fully saturated rings. The Balaban J connectivity index is 2.01. The van der Waals surface area contributed by atoms with E-state index in [1.165, 1.54) is 6.33 Å². The van der Waals surface area contributed by atoms with Gasteiger partial charge in [0.05, 0.1) is 6.33 Å². The topological polar surface area (TPSA) is 89.5 Å². The van der Waals surface area contributed by atoms with Crippen molar-refractivity contribution in [2.45, 2.75) is 13.3 Å². The Morgan fingerprint density at radius 1 is 1.37 bits per heavy atom. The number of carbonyl (C=O) groups is 2. The van der Waals surface area contributed by atoms with Crippen LogP contribution in [0.3, 0.4) is 0 Å². The molecule has 7 nitrogen and oxygen atoms in total. The fourth-order valence-corrected chi connectivity index (χ4v) is 2.26. The minimum Gasteiger partial charge on any atom is -0.477 e. The monoisotopic (exact) mass is 266 g/mol. The molecule has 7 heteroatoms. The van der Waals surface area contributed by atoms with Gasteiger partial charge < -0.3 is 15.0 Å². The van der Waals surface area contributed by atoms with E-state index in [9.17, 15) is 9.59 Å². The van der Waals surface area contributed by atoms with Gasteiger partial charge in [-0.2, -0.15) is 0 Å². The van der Waals surface area contributed by atoms with E-state index >= 15 is 0 Å². The molecule has 0 aliphatic carbocycles. The van der Waals surface area contributed by atoms with E-state index in [0.29, 0.717) is 13.1 Å². The molecule has 0 atom stereocenters. The van der Waals surface area contributed by atoms with E-state index in [0.717, 1.165) is 26.1 Å². The predicted octanol–water partition coefficient (Wildman–Crippen LogP) is 0.276. The third kappa shape index (κ3) is 2.93. The van der Waals surface area contributed by atoms with Gasteiger partial charge in [-0.3, -0.25) is 9.69 Å². The summed E-state index contributed by atoms with van der Waals surface area (Å²) in [6, 6.07) is 0. The summed E-state index contributed by atoms with van der Waals surface area (Å²) >= 11 is 0. The highest BCUT2D eigenvalue weighted by molar-refractivity contribution is 6.02. The summed E-state index contributed by atoms with van der Waals surface area (Å²) in [7, 11) is 0. The highest BCUT2D eigenvalue weighted by Gasteiger charge is 2.27. The number of nitrogens with zero attached hydrogens (tertiary/aromatic N) is 3. The van der Waals surface area contributed by atoms with Gasteiger partial charge in [0.2, 0.25) is 0 Å². The van der Waals surface area contributed by atoms with Crippen molar-refractivity contribution in [2.24, 2.45) is 0 Å². The van der Waals surface area contributed by atoms with Crippen molar-refractivity contribution in [1.82, 2.24) is 19.8 Å². The molecular weight excluding hydrogens is 248 g/mol. The summed E-state index contributed by atoms with van der Waals surface area (Å²) in [5.74, 6) is -1.47. The van der Waals surface area contributed by atoms with Crippen LogP contribution in [0.5, 0.6) is 0 Å². The number of carboxylic acids is 1. The van der Waals surface area contributed by atoms with Crippen molar-refractivity contribution in [1.29, 1.82) is 0 Å². The van der Waals surface area contributed by atoms with Crippen LogP contribution in [0.1, 0.15) is 34.3 Å². The molecule has 2 rings (SSSR count). The molecule has 1 aliphatic rings. The highest BCUT2D eigenvalue weighted by atomic mass is 16.4. The van der Waals surface area contributed by atoms with E-state index in [4.69, 9.17) is 5.11 Å². The smallest absolute Gasteiger partial charge is 0.354 e. The Labute approximate surface area is 111 Å². The third-order valence-electron chi connectivity index (χ3n) is 3.26. The number of hydrogen-bond acceptors (Lipinski definition) is 4. The van der Waals surface area contributed by atoms with Gasteiger partial charge in [-0.25, -0.2) is 9.78 Å². The number of nitrogens with one attached hydrogen (secondary N) is 1. The number of aromatic amines is 1. The fraction of sp³-hybridized carbons (Fsp3) is 0.583. The van der Waals surface area contributed by atoms with Gasteiger partial charge in [-0.05, 0) is 13.0 Å². The SMILES string of the molecule is CCCN1CCN(C(=O)c2nc[nH]c2C(=O)O)CC1. The molecule has 1 saturated heterocycles. The second kappa shape index (κ2) is 5.83. The van der Waals surface area contributed by atoms with E-state index in [1.54, 1.807) is 4.90 Å². The van der Waals surface area contributed by atoms with Gasteiger partial charge in [0.25, 0.3) is 5.91 Å². The molecule has 0 unspecified atom stereocenters. The highest BCUT2D eigenvalue weighted by Crippen LogP contribution is 2.10. The Morgan fingerprint density at radius 2 is 2.05 bits per heavy atom. The van der Waals surface area contributed by atoms with E-state index in [-0.39, 0.29) is 17.3 Å². The molecule has 0 saturated carbocycles. The summed E-state index contributed by atoms with van der Waals surface area (Å²) in [6.07, 6.45) is 2.33. The summed E-state index contributed by atoms with van der Waals surface area (Å²) in [5.41, 5.74) is -0.141. The number of rotatable bonds is 4. The van der Waals surface area contributed by atoms with Crippen LogP contribution >= 0.6 is 0 Å². The fourth-order valence-electron chi connectivity index (χ4n) is 2.26. The van der Waals surface area contributed by atoms with Crippen LogP contribution in [0.25, 0.3) is 0 Å². The minimum absolute atomic E-state index is 0.00329. The normalized spacial score (nSPS) is 16.6. The number of aromatic nitrogens is 2. The molecule has 1 aromatic heterocycles. The van der Waals surface area contributed by atoms with Crippen molar-refractivity contribution in [2.75, 3.05) is 32.7 Å². The minimum atomic E-state index is -1.16. The largest absolute Gasteiger partial charge is 0.477 e. The summed E-state index contributed by atoms with van der Waals surface area (Å²) in [5, 5.41) is 8.96. The van der Waals surface area contributed by atoms with Gasteiger partial charge in [-0.1, -0.05) is 6.92 Å². The van der Waals surface area contributed by atoms with Crippen LogP contribution in [-0.4, -0.2) is 69.5 Å². The van der Waals surface area contributed by atoms with E-state index < -0.39 is 5.97 Å². The maximum atomic E-state index is 12.2. The molecule has 19 heavy (non-hydrogen) atoms. The van der Waals surface area contributed by atoms with Crippen molar-refractivity contribution in [3.63, 3.8) is 0 Å². The second-order valence-corrected chi connectivity index (χ2v) is 4.57. The number of imidazole rings is 1. The molecule has 0 radical (unpaired) electrons. The zero-order valence-corrected chi connectivity index (χ0v) is 10.9. The Hall–Kier alpha value is -1.89. The lowest BCUT2D eigenvalue weighted by atomic mass is 10.2. The zero-order valence-electron chi connectivity index (χ0n) is 10.9. The van der Waals surface area contributed by atoms with Crippen LogP contribution in [0.2, 0.25) is 0 Å². The summed E-state index contributed by atoms with van der Waals surface area (Å²) < 4.78 is 0. The number of piperazine rings is 1. The number of H-pyrrole nitrogens is 1. The lowest BCUT2D eigenvalue weighted by molar-refractivity contribution is 0.0610. The third-order valence-corrected chi connectivity index (χ3v) is 3.26. The van der Waals surface area contributed by atoms with Crippen molar-refractivity contribution in [3.05, 3.63) is 17.7 Å². The Morgan fingerprint density at radius 3 is 2.63 bits per heavy atom. The summed E-state index contributed by atoms with van der Waals surface area (Å²) in [4.78, 5) is 33.4. The average Bonchev–Trinajstić information content (AvgIpc) is 2.88. The average molecular weight is 266 g/mol. The quantitative estimate of drug-likeness (QED) is 0.816. The van der Waals surface area contributed by atoms with Crippen molar-refractivity contribution >= 4 is 11.9 Å². The van der Waals surface area contributed by atoms with Gasteiger partial charge in [0, 0.05) is 26.2 Å². The number of carbonyl (C=O) groups excluding carboxylic acids is 1. The first-order valence-corrected chi connectivity index (χ1v) is 6.41. The molecule has 0 spiro atoms. The van der Waals surface area contributed by atoms with Crippen molar-refractivity contribution < 1.29 is 14.7 Å². The Kier molecular flexibility index (Phi) is 4.16. The number of amides is 1. The van der Waals surface area contributed by atoms with Crippen LogP contribution in [-0.2, 0) is 0 Å². The molecule has 2 heterocycles. The maximum Gasteiger partial charge on any atom is 0.354 e. The molecule has 1 amide bonds. The lowest BCUT2D eigenvalue weighted by Crippen LogP contribution is -2.49.